The molecule has 1 heterocycles. The van der Waals surface area contributed by atoms with Gasteiger partial charge in [-0.25, -0.2) is 0 Å². The molecule has 3 heteroatoms. The van der Waals surface area contributed by atoms with Crippen molar-refractivity contribution >= 4 is 5.69 Å². The number of benzene rings is 1. The average molecular weight is 247 g/mol. The van der Waals surface area contributed by atoms with E-state index < -0.39 is 0 Å². The third-order valence-corrected chi connectivity index (χ3v) is 3.85. The minimum atomic E-state index is 0.349. The molecule has 1 aliphatic heterocycles. The number of ether oxygens (including phenoxy) is 2. The summed E-state index contributed by atoms with van der Waals surface area (Å²) in [6, 6.07) is 6.76. The monoisotopic (exact) mass is 247 g/mol. The second-order valence-corrected chi connectivity index (χ2v) is 5.25. The lowest BCUT2D eigenvalue weighted by atomic mass is 9.96. The maximum absolute atomic E-state index is 5.41. The molecule has 0 bridgehead atoms. The van der Waals surface area contributed by atoms with E-state index in [1.807, 2.05) is 6.07 Å². The van der Waals surface area contributed by atoms with Crippen molar-refractivity contribution in [3.05, 3.63) is 18.2 Å². The van der Waals surface area contributed by atoms with Gasteiger partial charge in [0.1, 0.15) is 0 Å². The zero-order chi connectivity index (χ0) is 12.2. The van der Waals surface area contributed by atoms with Crippen molar-refractivity contribution in [2.24, 2.45) is 0 Å². The van der Waals surface area contributed by atoms with Gasteiger partial charge in [-0.1, -0.05) is 32.1 Å². The summed E-state index contributed by atoms with van der Waals surface area (Å²) in [7, 11) is 0. The largest absolute Gasteiger partial charge is 0.454 e. The highest BCUT2D eigenvalue weighted by Gasteiger charge is 2.15. The molecular weight excluding hydrogens is 226 g/mol. The van der Waals surface area contributed by atoms with E-state index in [1.165, 1.54) is 44.9 Å². The standard InChI is InChI=1S/C15H21NO2/c1-2-4-6-12(7-5-3-1)16-13-8-9-14-15(10-13)18-11-17-14/h8-10,12,16H,1-7,11H2. The Kier molecular flexibility index (Phi) is 3.58. The Balaban J connectivity index is 1.64. The van der Waals surface area contributed by atoms with Crippen molar-refractivity contribution in [1.29, 1.82) is 0 Å². The first kappa shape index (κ1) is 11.7. The van der Waals surface area contributed by atoms with E-state index in [1.54, 1.807) is 0 Å². The predicted octanol–water partition coefficient (Wildman–Crippen LogP) is 3.94. The molecule has 1 N–H and O–H groups in total. The summed E-state index contributed by atoms with van der Waals surface area (Å²) in [4.78, 5) is 0. The minimum absolute atomic E-state index is 0.349. The van der Waals surface area contributed by atoms with Gasteiger partial charge in [0.15, 0.2) is 11.5 Å². The van der Waals surface area contributed by atoms with Gasteiger partial charge in [0, 0.05) is 17.8 Å². The summed E-state index contributed by atoms with van der Waals surface area (Å²) in [5, 5.41) is 3.64. The van der Waals surface area contributed by atoms with Crippen LogP contribution in [-0.2, 0) is 0 Å². The Morgan fingerprint density at radius 3 is 2.44 bits per heavy atom. The van der Waals surface area contributed by atoms with Gasteiger partial charge in [-0.05, 0) is 25.0 Å². The maximum Gasteiger partial charge on any atom is 0.231 e. The van der Waals surface area contributed by atoms with Crippen LogP contribution in [-0.4, -0.2) is 12.8 Å². The van der Waals surface area contributed by atoms with E-state index in [9.17, 15) is 0 Å². The van der Waals surface area contributed by atoms with Gasteiger partial charge >= 0.3 is 0 Å². The number of hydrogen-bond acceptors (Lipinski definition) is 3. The first-order chi connectivity index (χ1) is 8.92. The Morgan fingerprint density at radius 2 is 1.61 bits per heavy atom. The Hall–Kier alpha value is -1.38. The summed E-state index contributed by atoms with van der Waals surface area (Å²) in [5.74, 6) is 1.73. The fourth-order valence-corrected chi connectivity index (χ4v) is 2.82. The van der Waals surface area contributed by atoms with E-state index in [0.29, 0.717) is 12.8 Å². The van der Waals surface area contributed by atoms with Crippen LogP contribution in [0.2, 0.25) is 0 Å². The highest BCUT2D eigenvalue weighted by molar-refractivity contribution is 5.56. The average Bonchev–Trinajstić information content (AvgIpc) is 2.79. The highest BCUT2D eigenvalue weighted by Crippen LogP contribution is 2.34. The van der Waals surface area contributed by atoms with Crippen molar-refractivity contribution < 1.29 is 9.47 Å². The molecule has 98 valence electrons. The zero-order valence-electron chi connectivity index (χ0n) is 10.8. The molecule has 3 rings (SSSR count). The Labute approximate surface area is 108 Å². The van der Waals surface area contributed by atoms with Crippen LogP contribution in [0.1, 0.15) is 44.9 Å². The molecule has 0 atom stereocenters. The SMILES string of the molecule is c1cc2c(cc1NC1CCCCCCC1)OCO2. The zero-order valence-corrected chi connectivity index (χ0v) is 10.8. The minimum Gasteiger partial charge on any atom is -0.454 e. The molecule has 1 fully saturated rings. The van der Waals surface area contributed by atoms with Gasteiger partial charge in [-0.2, -0.15) is 0 Å². The molecule has 1 aromatic rings. The number of hydrogen-bond donors (Lipinski definition) is 1. The molecule has 1 saturated carbocycles. The number of anilines is 1. The van der Waals surface area contributed by atoms with Gasteiger partial charge in [-0.3, -0.25) is 0 Å². The van der Waals surface area contributed by atoms with E-state index in [0.717, 1.165) is 17.2 Å². The molecule has 3 nitrogen and oxygen atoms in total. The van der Waals surface area contributed by atoms with Crippen molar-refractivity contribution in [1.82, 2.24) is 0 Å². The molecule has 0 amide bonds. The van der Waals surface area contributed by atoms with Crippen LogP contribution < -0.4 is 14.8 Å². The van der Waals surface area contributed by atoms with E-state index in [-0.39, 0.29) is 0 Å². The van der Waals surface area contributed by atoms with Crippen molar-refractivity contribution in [2.45, 2.75) is 51.0 Å². The maximum atomic E-state index is 5.41. The molecular formula is C15H21NO2. The molecule has 0 aromatic heterocycles. The van der Waals surface area contributed by atoms with E-state index >= 15 is 0 Å². The molecule has 0 unspecified atom stereocenters. The van der Waals surface area contributed by atoms with E-state index in [2.05, 4.69) is 17.4 Å². The fourth-order valence-electron chi connectivity index (χ4n) is 2.82. The summed E-state index contributed by atoms with van der Waals surface area (Å²) in [6.45, 7) is 0.349. The van der Waals surface area contributed by atoms with Crippen LogP contribution in [0.5, 0.6) is 11.5 Å². The second kappa shape index (κ2) is 5.51. The van der Waals surface area contributed by atoms with Crippen LogP contribution in [0, 0.1) is 0 Å². The van der Waals surface area contributed by atoms with Gasteiger partial charge in [0.2, 0.25) is 6.79 Å². The van der Waals surface area contributed by atoms with Gasteiger partial charge in [0.05, 0.1) is 0 Å². The molecule has 1 aromatic carbocycles. The lowest BCUT2D eigenvalue weighted by Crippen LogP contribution is -2.20. The highest BCUT2D eigenvalue weighted by atomic mass is 16.7. The summed E-state index contributed by atoms with van der Waals surface area (Å²) in [5.41, 5.74) is 1.16. The second-order valence-electron chi connectivity index (χ2n) is 5.25. The number of fused-ring (bicyclic) bond motifs is 1. The molecule has 1 aliphatic carbocycles. The lowest BCUT2D eigenvalue weighted by Gasteiger charge is -2.22. The first-order valence-electron chi connectivity index (χ1n) is 7.08. The quantitative estimate of drug-likeness (QED) is 0.858. The van der Waals surface area contributed by atoms with Crippen LogP contribution in [0.15, 0.2) is 18.2 Å². The Bertz CT molecular complexity index is 397. The van der Waals surface area contributed by atoms with Gasteiger partial charge < -0.3 is 14.8 Å². The number of rotatable bonds is 2. The topological polar surface area (TPSA) is 30.5 Å². The normalized spacial score (nSPS) is 20.2. The summed E-state index contributed by atoms with van der Waals surface area (Å²) >= 11 is 0. The molecule has 0 radical (unpaired) electrons. The molecule has 18 heavy (non-hydrogen) atoms. The number of nitrogens with one attached hydrogen (secondary N) is 1. The van der Waals surface area contributed by atoms with Crippen LogP contribution >= 0.6 is 0 Å². The molecule has 0 saturated heterocycles. The van der Waals surface area contributed by atoms with Crippen LogP contribution in [0.3, 0.4) is 0 Å². The lowest BCUT2D eigenvalue weighted by molar-refractivity contribution is 0.174. The van der Waals surface area contributed by atoms with Crippen molar-refractivity contribution in [3.8, 4) is 11.5 Å². The third kappa shape index (κ3) is 2.71. The van der Waals surface area contributed by atoms with Crippen LogP contribution in [0.25, 0.3) is 0 Å². The summed E-state index contributed by atoms with van der Waals surface area (Å²) < 4.78 is 10.7. The fraction of sp³-hybridized carbons (Fsp3) is 0.600. The Morgan fingerprint density at radius 1 is 0.889 bits per heavy atom. The van der Waals surface area contributed by atoms with Gasteiger partial charge in [-0.15, -0.1) is 0 Å². The van der Waals surface area contributed by atoms with Crippen molar-refractivity contribution in [3.63, 3.8) is 0 Å². The first-order valence-corrected chi connectivity index (χ1v) is 7.08. The molecule has 0 spiro atoms. The summed E-state index contributed by atoms with van der Waals surface area (Å²) in [6.07, 6.45) is 9.46. The van der Waals surface area contributed by atoms with Crippen LogP contribution in [0.4, 0.5) is 5.69 Å². The predicted molar refractivity (Wildman–Crippen MR) is 72.3 cm³/mol. The third-order valence-electron chi connectivity index (χ3n) is 3.85. The van der Waals surface area contributed by atoms with E-state index in [4.69, 9.17) is 9.47 Å². The van der Waals surface area contributed by atoms with Gasteiger partial charge in [0.25, 0.3) is 0 Å². The smallest absolute Gasteiger partial charge is 0.231 e. The van der Waals surface area contributed by atoms with Crippen molar-refractivity contribution in [2.75, 3.05) is 12.1 Å². The molecule has 2 aliphatic rings.